The lowest BCUT2D eigenvalue weighted by atomic mass is 9.89. The average molecular weight is 182 g/mol. The summed E-state index contributed by atoms with van der Waals surface area (Å²) in [6.07, 6.45) is 9.94. The zero-order chi connectivity index (χ0) is 10.6. The molecule has 1 aliphatic rings. The van der Waals surface area contributed by atoms with Crippen LogP contribution in [0.4, 0.5) is 0 Å². The van der Waals surface area contributed by atoms with E-state index in [2.05, 4.69) is 32.2 Å². The van der Waals surface area contributed by atoms with Gasteiger partial charge in [0.1, 0.15) is 7.85 Å². The number of rotatable bonds is 3. The van der Waals surface area contributed by atoms with E-state index < -0.39 is 0 Å². The van der Waals surface area contributed by atoms with Gasteiger partial charge in [-0.1, -0.05) is 48.5 Å². The fraction of sp³-hybridized carbons (Fsp3) is 0.231. The summed E-state index contributed by atoms with van der Waals surface area (Å²) in [7, 11) is 5.65. The standard InChI is InChI=1S/C13H15B/c1-4-13(14)9-11(3)12-7-5-10(2)6-8-12/h4-5,7,9H,1,3,6,8H2,2H3/b13-9+. The van der Waals surface area contributed by atoms with Crippen molar-refractivity contribution in [2.24, 2.45) is 0 Å². The molecule has 0 atom stereocenters. The molecule has 1 aliphatic carbocycles. The van der Waals surface area contributed by atoms with Gasteiger partial charge in [-0.2, -0.15) is 0 Å². The predicted molar refractivity (Wildman–Crippen MR) is 64.2 cm³/mol. The van der Waals surface area contributed by atoms with E-state index in [9.17, 15) is 0 Å². The Morgan fingerprint density at radius 3 is 2.64 bits per heavy atom. The van der Waals surface area contributed by atoms with E-state index in [1.54, 1.807) is 6.08 Å². The van der Waals surface area contributed by atoms with Crippen LogP contribution in [0.25, 0.3) is 0 Å². The molecule has 0 amide bonds. The molecule has 0 nitrogen and oxygen atoms in total. The summed E-state index contributed by atoms with van der Waals surface area (Å²) < 4.78 is 0. The Morgan fingerprint density at radius 1 is 1.43 bits per heavy atom. The molecule has 0 fully saturated rings. The van der Waals surface area contributed by atoms with Crippen LogP contribution in [0, 0.1) is 0 Å². The highest BCUT2D eigenvalue weighted by atomic mass is 14.1. The minimum atomic E-state index is 0.669. The Kier molecular flexibility index (Phi) is 3.76. The minimum absolute atomic E-state index is 0.669. The van der Waals surface area contributed by atoms with E-state index in [4.69, 9.17) is 7.85 Å². The van der Waals surface area contributed by atoms with Crippen LogP contribution in [0.1, 0.15) is 19.8 Å². The van der Waals surface area contributed by atoms with E-state index in [1.165, 1.54) is 11.1 Å². The number of allylic oxidation sites excluding steroid dienone is 8. The molecule has 0 saturated carbocycles. The lowest BCUT2D eigenvalue weighted by molar-refractivity contribution is 0.919. The van der Waals surface area contributed by atoms with Crippen LogP contribution < -0.4 is 0 Å². The van der Waals surface area contributed by atoms with E-state index in [0.717, 1.165) is 18.4 Å². The molecule has 0 aliphatic heterocycles. The van der Waals surface area contributed by atoms with Gasteiger partial charge in [0.25, 0.3) is 0 Å². The van der Waals surface area contributed by atoms with Crippen LogP contribution >= 0.6 is 0 Å². The van der Waals surface area contributed by atoms with Gasteiger partial charge in [0.2, 0.25) is 0 Å². The fourth-order valence-electron chi connectivity index (χ4n) is 1.36. The van der Waals surface area contributed by atoms with Crippen molar-refractivity contribution < 1.29 is 0 Å². The molecule has 0 saturated heterocycles. The van der Waals surface area contributed by atoms with E-state index in [-0.39, 0.29) is 0 Å². The summed E-state index contributed by atoms with van der Waals surface area (Å²) in [4.78, 5) is 0. The summed E-state index contributed by atoms with van der Waals surface area (Å²) >= 11 is 0. The maximum Gasteiger partial charge on any atom is 0.113 e. The van der Waals surface area contributed by atoms with Gasteiger partial charge >= 0.3 is 0 Å². The Labute approximate surface area is 87.8 Å². The highest BCUT2D eigenvalue weighted by molar-refractivity contribution is 6.23. The second-order valence-corrected chi connectivity index (χ2v) is 3.58. The Balaban J connectivity index is 2.77. The minimum Gasteiger partial charge on any atom is -0.0997 e. The lowest BCUT2D eigenvalue weighted by Gasteiger charge is -2.12. The highest BCUT2D eigenvalue weighted by Gasteiger charge is 2.04. The van der Waals surface area contributed by atoms with Gasteiger partial charge in [-0.3, -0.25) is 0 Å². The van der Waals surface area contributed by atoms with E-state index in [1.807, 2.05) is 6.08 Å². The Morgan fingerprint density at radius 2 is 2.14 bits per heavy atom. The van der Waals surface area contributed by atoms with Crippen molar-refractivity contribution in [2.45, 2.75) is 19.8 Å². The molecule has 0 aromatic heterocycles. The van der Waals surface area contributed by atoms with Gasteiger partial charge in [-0.25, -0.2) is 0 Å². The SMILES string of the molecule is [B]/C(C=C)=C/C(=C)C1=CC=C(C)CC1. The van der Waals surface area contributed by atoms with Crippen molar-refractivity contribution >= 4 is 7.85 Å². The van der Waals surface area contributed by atoms with Crippen LogP contribution in [0.5, 0.6) is 0 Å². The summed E-state index contributed by atoms with van der Waals surface area (Å²) in [6, 6.07) is 0. The Bertz CT molecular complexity index is 340. The molecular formula is C13H15B. The highest BCUT2D eigenvalue weighted by Crippen LogP contribution is 2.23. The predicted octanol–water partition coefficient (Wildman–Crippen LogP) is 3.45. The van der Waals surface area contributed by atoms with Crippen LogP contribution in [-0.2, 0) is 0 Å². The van der Waals surface area contributed by atoms with Gasteiger partial charge in [-0.05, 0) is 30.9 Å². The van der Waals surface area contributed by atoms with Crippen molar-refractivity contribution in [3.8, 4) is 0 Å². The number of hydrogen-bond acceptors (Lipinski definition) is 0. The molecule has 70 valence electrons. The van der Waals surface area contributed by atoms with Crippen LogP contribution in [0.2, 0.25) is 0 Å². The van der Waals surface area contributed by atoms with Crippen molar-refractivity contribution in [3.63, 3.8) is 0 Å². The van der Waals surface area contributed by atoms with Crippen LogP contribution in [0.15, 0.2) is 59.7 Å². The molecule has 2 radical (unpaired) electrons. The molecular weight excluding hydrogens is 167 g/mol. The molecule has 0 aromatic carbocycles. The van der Waals surface area contributed by atoms with Crippen molar-refractivity contribution in [3.05, 3.63) is 59.7 Å². The molecule has 0 bridgehead atoms. The third-order valence-electron chi connectivity index (χ3n) is 2.35. The second-order valence-electron chi connectivity index (χ2n) is 3.58. The fourth-order valence-corrected chi connectivity index (χ4v) is 1.36. The van der Waals surface area contributed by atoms with Gasteiger partial charge in [0.05, 0.1) is 0 Å². The molecule has 0 aromatic rings. The molecule has 0 unspecified atom stereocenters. The average Bonchev–Trinajstić information content (AvgIpc) is 2.18. The van der Waals surface area contributed by atoms with E-state index in [0.29, 0.717) is 5.47 Å². The second kappa shape index (κ2) is 4.85. The summed E-state index contributed by atoms with van der Waals surface area (Å²) in [5, 5.41) is 0. The molecule has 1 heteroatoms. The van der Waals surface area contributed by atoms with Gasteiger partial charge in [0, 0.05) is 0 Å². The first-order valence-electron chi connectivity index (χ1n) is 4.78. The summed E-state index contributed by atoms with van der Waals surface area (Å²) in [6.45, 7) is 9.74. The van der Waals surface area contributed by atoms with Crippen LogP contribution in [-0.4, -0.2) is 7.85 Å². The molecule has 14 heavy (non-hydrogen) atoms. The van der Waals surface area contributed by atoms with E-state index >= 15 is 0 Å². The quantitative estimate of drug-likeness (QED) is 0.463. The first-order chi connectivity index (χ1) is 6.63. The lowest BCUT2D eigenvalue weighted by Crippen LogP contribution is -1.93. The molecule has 0 spiro atoms. The van der Waals surface area contributed by atoms with Crippen molar-refractivity contribution in [2.75, 3.05) is 0 Å². The van der Waals surface area contributed by atoms with Gasteiger partial charge < -0.3 is 0 Å². The molecule has 1 rings (SSSR count). The first-order valence-corrected chi connectivity index (χ1v) is 4.78. The Hall–Kier alpha value is -1.24. The zero-order valence-electron chi connectivity index (χ0n) is 8.72. The number of hydrogen-bond donors (Lipinski definition) is 0. The van der Waals surface area contributed by atoms with Crippen LogP contribution in [0.3, 0.4) is 0 Å². The summed E-state index contributed by atoms with van der Waals surface area (Å²) in [5.74, 6) is 0. The third kappa shape index (κ3) is 2.92. The topological polar surface area (TPSA) is 0 Å². The molecule has 0 N–H and O–H groups in total. The molecule has 0 heterocycles. The van der Waals surface area contributed by atoms with Gasteiger partial charge in [0.15, 0.2) is 0 Å². The van der Waals surface area contributed by atoms with Crippen molar-refractivity contribution in [1.29, 1.82) is 0 Å². The maximum absolute atomic E-state index is 5.65. The normalized spacial score (nSPS) is 17.1. The van der Waals surface area contributed by atoms with Crippen molar-refractivity contribution in [1.82, 2.24) is 0 Å². The maximum atomic E-state index is 5.65. The summed E-state index contributed by atoms with van der Waals surface area (Å²) in [5.41, 5.74) is 4.34. The third-order valence-corrected chi connectivity index (χ3v) is 2.35. The smallest absolute Gasteiger partial charge is 0.0997 e. The first kappa shape index (κ1) is 10.8. The zero-order valence-corrected chi connectivity index (χ0v) is 8.72. The largest absolute Gasteiger partial charge is 0.113 e. The van der Waals surface area contributed by atoms with Gasteiger partial charge in [-0.15, -0.1) is 0 Å². The monoisotopic (exact) mass is 182 g/mol.